The second-order valence-corrected chi connectivity index (χ2v) is 4.70. The molecule has 0 atom stereocenters. The number of halogens is 1. The molecule has 0 aromatic heterocycles. The van der Waals surface area contributed by atoms with E-state index in [4.69, 9.17) is 21.6 Å². The first-order valence-corrected chi connectivity index (χ1v) is 6.70. The molecule has 2 aromatic carbocycles. The second kappa shape index (κ2) is 7.54. The Morgan fingerprint density at radius 2 is 1.95 bits per heavy atom. The molecule has 0 aliphatic carbocycles. The Balaban J connectivity index is 1.88. The van der Waals surface area contributed by atoms with Gasteiger partial charge in [-0.15, -0.1) is 0 Å². The predicted octanol–water partition coefficient (Wildman–Crippen LogP) is 3.53. The number of hydrogen-bond acceptors (Lipinski definition) is 3. The summed E-state index contributed by atoms with van der Waals surface area (Å²) >= 11 is 6.10. The van der Waals surface area contributed by atoms with Crippen LogP contribution in [0.1, 0.15) is 11.1 Å². The third kappa shape index (κ3) is 4.27. The van der Waals surface area contributed by atoms with Crippen molar-refractivity contribution in [3.63, 3.8) is 0 Å². The molecule has 0 heterocycles. The number of hydrogen-bond donors (Lipinski definition) is 1. The molecule has 1 N–H and O–H groups in total. The van der Waals surface area contributed by atoms with E-state index in [1.165, 1.54) is 0 Å². The maximum atomic E-state index is 8.49. The lowest BCUT2D eigenvalue weighted by Crippen LogP contribution is -2.13. The van der Waals surface area contributed by atoms with E-state index >= 15 is 0 Å². The lowest BCUT2D eigenvalue weighted by atomic mass is 10.2. The van der Waals surface area contributed by atoms with Crippen molar-refractivity contribution in [2.45, 2.75) is 13.1 Å². The van der Waals surface area contributed by atoms with Crippen molar-refractivity contribution in [2.75, 3.05) is 6.61 Å². The molecule has 0 amide bonds. The van der Waals surface area contributed by atoms with Crippen LogP contribution in [0.15, 0.2) is 48.5 Å². The smallest absolute Gasteiger partial charge is 0.174 e. The molecule has 4 heteroatoms. The largest absolute Gasteiger partial charge is 0.479 e. The lowest BCUT2D eigenvalue weighted by molar-refractivity contribution is 0.367. The summed E-state index contributed by atoms with van der Waals surface area (Å²) < 4.78 is 5.27. The van der Waals surface area contributed by atoms with Crippen molar-refractivity contribution in [3.05, 3.63) is 64.7 Å². The van der Waals surface area contributed by atoms with Crippen LogP contribution in [0.4, 0.5) is 0 Å². The molecular formula is C16H15ClN2O. The first kappa shape index (κ1) is 14.4. The fraction of sp³-hybridized carbons (Fsp3) is 0.188. The molecule has 102 valence electrons. The van der Waals surface area contributed by atoms with Gasteiger partial charge in [0.05, 0.1) is 0 Å². The van der Waals surface area contributed by atoms with Crippen molar-refractivity contribution in [1.29, 1.82) is 5.26 Å². The molecular weight excluding hydrogens is 272 g/mol. The average molecular weight is 287 g/mol. The Bertz CT molecular complexity index is 607. The highest BCUT2D eigenvalue weighted by Crippen LogP contribution is 2.16. The number of ether oxygens (including phenoxy) is 1. The zero-order chi connectivity index (χ0) is 14.2. The van der Waals surface area contributed by atoms with E-state index in [0.717, 1.165) is 22.7 Å². The van der Waals surface area contributed by atoms with Crippen LogP contribution in [-0.2, 0) is 13.1 Å². The molecule has 0 radical (unpaired) electrons. The van der Waals surface area contributed by atoms with Crippen molar-refractivity contribution < 1.29 is 4.74 Å². The van der Waals surface area contributed by atoms with Crippen molar-refractivity contribution in [3.8, 4) is 11.8 Å². The Morgan fingerprint density at radius 1 is 1.10 bits per heavy atom. The second-order valence-electron chi connectivity index (χ2n) is 4.29. The van der Waals surface area contributed by atoms with Gasteiger partial charge in [0.2, 0.25) is 0 Å². The molecule has 0 saturated heterocycles. The predicted molar refractivity (Wildman–Crippen MR) is 79.5 cm³/mol. The first-order valence-electron chi connectivity index (χ1n) is 6.32. The quantitative estimate of drug-likeness (QED) is 0.883. The lowest BCUT2D eigenvalue weighted by Gasteiger charge is -2.08. The van der Waals surface area contributed by atoms with Gasteiger partial charge in [-0.1, -0.05) is 41.9 Å². The molecule has 0 aliphatic heterocycles. The van der Waals surface area contributed by atoms with Crippen LogP contribution in [-0.4, -0.2) is 6.61 Å². The Kier molecular flexibility index (Phi) is 5.43. The summed E-state index contributed by atoms with van der Waals surface area (Å²) in [5, 5.41) is 12.6. The minimum Gasteiger partial charge on any atom is -0.479 e. The third-order valence-electron chi connectivity index (χ3n) is 2.80. The van der Waals surface area contributed by atoms with Crippen molar-refractivity contribution >= 4 is 11.6 Å². The average Bonchev–Trinajstić information content (AvgIpc) is 2.48. The van der Waals surface area contributed by atoms with Crippen molar-refractivity contribution in [1.82, 2.24) is 5.32 Å². The van der Waals surface area contributed by atoms with E-state index in [1.807, 2.05) is 54.6 Å². The van der Waals surface area contributed by atoms with Gasteiger partial charge in [0.25, 0.3) is 0 Å². The summed E-state index contributed by atoms with van der Waals surface area (Å²) in [7, 11) is 0. The zero-order valence-electron chi connectivity index (χ0n) is 11.0. The fourth-order valence-electron chi connectivity index (χ4n) is 1.84. The molecule has 0 unspecified atom stereocenters. The van der Waals surface area contributed by atoms with E-state index in [1.54, 1.807) is 0 Å². The molecule has 3 nitrogen and oxygen atoms in total. The van der Waals surface area contributed by atoms with Crippen LogP contribution in [0.2, 0.25) is 5.02 Å². The summed E-state index contributed by atoms with van der Waals surface area (Å²) in [6, 6.07) is 17.4. The minimum absolute atomic E-state index is 0.0660. The van der Waals surface area contributed by atoms with Gasteiger partial charge < -0.3 is 10.1 Å². The minimum atomic E-state index is 0.0660. The Labute approximate surface area is 123 Å². The van der Waals surface area contributed by atoms with E-state index < -0.39 is 0 Å². The Hall–Kier alpha value is -2.02. The molecule has 0 spiro atoms. The van der Waals surface area contributed by atoms with Crippen LogP contribution < -0.4 is 10.1 Å². The van der Waals surface area contributed by atoms with Gasteiger partial charge in [-0.3, -0.25) is 0 Å². The standard InChI is InChI=1S/C16H15ClN2O/c17-16-7-2-1-5-14(16)12-19-11-13-4-3-6-15(10-13)20-9-8-18/h1-7,10,19H,9,11-12H2. The highest BCUT2D eigenvalue weighted by atomic mass is 35.5. The van der Waals surface area contributed by atoms with E-state index in [0.29, 0.717) is 12.3 Å². The summed E-state index contributed by atoms with van der Waals surface area (Å²) in [6.45, 7) is 1.49. The highest BCUT2D eigenvalue weighted by Gasteiger charge is 2.00. The van der Waals surface area contributed by atoms with E-state index in [-0.39, 0.29) is 6.61 Å². The number of benzene rings is 2. The molecule has 2 rings (SSSR count). The summed E-state index contributed by atoms with van der Waals surface area (Å²) in [6.07, 6.45) is 0. The first-order chi connectivity index (χ1) is 9.79. The van der Waals surface area contributed by atoms with Gasteiger partial charge in [0.15, 0.2) is 6.61 Å². The molecule has 0 aliphatic rings. The zero-order valence-corrected chi connectivity index (χ0v) is 11.7. The molecule has 0 saturated carbocycles. The van der Waals surface area contributed by atoms with Crippen LogP contribution in [0.25, 0.3) is 0 Å². The van der Waals surface area contributed by atoms with Crippen LogP contribution >= 0.6 is 11.6 Å². The van der Waals surface area contributed by atoms with Gasteiger partial charge >= 0.3 is 0 Å². The molecule has 0 bridgehead atoms. The fourth-order valence-corrected chi connectivity index (χ4v) is 2.05. The summed E-state index contributed by atoms with van der Waals surface area (Å²) in [4.78, 5) is 0. The number of nitriles is 1. The number of rotatable bonds is 6. The van der Waals surface area contributed by atoms with E-state index in [2.05, 4.69) is 5.32 Å². The van der Waals surface area contributed by atoms with Crippen LogP contribution in [0, 0.1) is 11.3 Å². The van der Waals surface area contributed by atoms with Gasteiger partial charge in [0, 0.05) is 18.1 Å². The monoisotopic (exact) mass is 286 g/mol. The Morgan fingerprint density at radius 3 is 2.75 bits per heavy atom. The van der Waals surface area contributed by atoms with Gasteiger partial charge in [-0.05, 0) is 29.3 Å². The van der Waals surface area contributed by atoms with Gasteiger partial charge in [-0.2, -0.15) is 5.26 Å². The van der Waals surface area contributed by atoms with Gasteiger partial charge in [0.1, 0.15) is 11.8 Å². The van der Waals surface area contributed by atoms with Gasteiger partial charge in [-0.25, -0.2) is 0 Å². The summed E-state index contributed by atoms with van der Waals surface area (Å²) in [5.41, 5.74) is 2.18. The van der Waals surface area contributed by atoms with Crippen LogP contribution in [0.5, 0.6) is 5.75 Å². The normalized spacial score (nSPS) is 10.0. The third-order valence-corrected chi connectivity index (χ3v) is 3.17. The number of nitrogens with one attached hydrogen (secondary N) is 1. The van der Waals surface area contributed by atoms with Crippen molar-refractivity contribution in [2.24, 2.45) is 0 Å². The molecule has 0 fully saturated rings. The van der Waals surface area contributed by atoms with Crippen LogP contribution in [0.3, 0.4) is 0 Å². The molecule has 20 heavy (non-hydrogen) atoms. The highest BCUT2D eigenvalue weighted by molar-refractivity contribution is 6.31. The number of nitrogens with zero attached hydrogens (tertiary/aromatic N) is 1. The topological polar surface area (TPSA) is 45.0 Å². The van der Waals surface area contributed by atoms with E-state index in [9.17, 15) is 0 Å². The molecule has 2 aromatic rings. The maximum absolute atomic E-state index is 8.49. The summed E-state index contributed by atoms with van der Waals surface area (Å²) in [5.74, 6) is 0.712. The SMILES string of the molecule is N#CCOc1cccc(CNCc2ccccc2Cl)c1. The maximum Gasteiger partial charge on any atom is 0.174 e.